The van der Waals surface area contributed by atoms with Gasteiger partial charge in [-0.15, -0.1) is 22.7 Å². The molecule has 4 rings (SSSR count). The molecule has 0 saturated carbocycles. The fourth-order valence-corrected chi connectivity index (χ4v) is 5.69. The molecule has 0 saturated heterocycles. The molecule has 0 atom stereocenters. The number of hydrogen-bond acceptors (Lipinski definition) is 5. The van der Waals surface area contributed by atoms with E-state index in [9.17, 15) is 0 Å². The van der Waals surface area contributed by atoms with Crippen molar-refractivity contribution in [1.29, 1.82) is 0 Å². The second-order valence-electron chi connectivity index (χ2n) is 4.48. The van der Waals surface area contributed by atoms with Gasteiger partial charge in [0.25, 0.3) is 0 Å². The van der Waals surface area contributed by atoms with Crippen LogP contribution in [0, 0.1) is 3.95 Å². The highest BCUT2D eigenvalue weighted by Crippen LogP contribution is 2.32. The highest BCUT2D eigenvalue weighted by atomic mass is 32.2. The third kappa shape index (κ3) is 2.53. The number of aromatic nitrogens is 2. The van der Waals surface area contributed by atoms with Crippen LogP contribution in [-0.4, -0.2) is 9.55 Å². The van der Waals surface area contributed by atoms with E-state index in [1.54, 1.807) is 34.4 Å². The Morgan fingerprint density at radius 1 is 1.00 bits per heavy atom. The number of rotatable bonds is 3. The van der Waals surface area contributed by atoms with Crippen LogP contribution in [0.5, 0.6) is 0 Å². The summed E-state index contributed by atoms with van der Waals surface area (Å²) in [6.07, 6.45) is 0. The van der Waals surface area contributed by atoms with Crippen molar-refractivity contribution in [1.82, 2.24) is 9.55 Å². The summed E-state index contributed by atoms with van der Waals surface area (Å²) in [6, 6.07) is 16.6. The van der Waals surface area contributed by atoms with Crippen molar-refractivity contribution in [2.45, 2.75) is 10.2 Å². The largest absolute Gasteiger partial charge is 0.313 e. The predicted molar refractivity (Wildman–Crippen MR) is 96.1 cm³/mol. The van der Waals surface area contributed by atoms with Crippen molar-refractivity contribution >= 4 is 67.1 Å². The van der Waals surface area contributed by atoms with Gasteiger partial charge in [0.2, 0.25) is 0 Å². The van der Waals surface area contributed by atoms with Crippen molar-refractivity contribution in [3.63, 3.8) is 0 Å². The van der Waals surface area contributed by atoms with E-state index in [4.69, 9.17) is 12.2 Å². The highest BCUT2D eigenvalue weighted by Gasteiger charge is 2.07. The summed E-state index contributed by atoms with van der Waals surface area (Å²) in [6.45, 7) is 0. The monoisotopic (exact) mass is 346 g/mol. The van der Waals surface area contributed by atoms with E-state index in [0.29, 0.717) is 0 Å². The first-order chi connectivity index (χ1) is 10.3. The standard InChI is InChI=1S/C15H10N2S4/c18-15-17(11-6-2-4-8-13(11)21-15)9-19-14-16-10-5-1-3-7-12(10)20-14/h1-8H,9H2. The third-order valence-electron chi connectivity index (χ3n) is 3.17. The molecule has 0 radical (unpaired) electrons. The maximum absolute atomic E-state index is 5.48. The number of para-hydroxylation sites is 2. The molecule has 2 heterocycles. The summed E-state index contributed by atoms with van der Waals surface area (Å²) in [4.78, 5) is 4.66. The Kier molecular flexibility index (Phi) is 3.54. The van der Waals surface area contributed by atoms with Crippen LogP contribution < -0.4 is 0 Å². The van der Waals surface area contributed by atoms with E-state index in [2.05, 4.69) is 52.0 Å². The molecular weight excluding hydrogens is 336 g/mol. The Morgan fingerprint density at radius 2 is 1.76 bits per heavy atom. The Labute approximate surface area is 139 Å². The fraction of sp³-hybridized carbons (Fsp3) is 0.0667. The van der Waals surface area contributed by atoms with E-state index in [0.717, 1.165) is 19.7 Å². The molecule has 0 spiro atoms. The maximum atomic E-state index is 5.48. The summed E-state index contributed by atoms with van der Waals surface area (Å²) >= 11 is 10.6. The molecule has 0 aliphatic rings. The second-order valence-corrected chi connectivity index (χ2v) is 8.38. The molecule has 0 amide bonds. The smallest absolute Gasteiger partial charge is 0.162 e. The molecule has 0 fully saturated rings. The number of nitrogens with zero attached hydrogens (tertiary/aromatic N) is 2. The zero-order chi connectivity index (χ0) is 14.2. The van der Waals surface area contributed by atoms with Gasteiger partial charge in [0.15, 0.2) is 8.29 Å². The molecule has 104 valence electrons. The average molecular weight is 347 g/mol. The minimum absolute atomic E-state index is 0.808. The van der Waals surface area contributed by atoms with Crippen LogP contribution in [0.1, 0.15) is 0 Å². The lowest BCUT2D eigenvalue weighted by molar-refractivity contribution is 0.935. The number of hydrogen-bond donors (Lipinski definition) is 0. The molecule has 4 aromatic rings. The van der Waals surface area contributed by atoms with Crippen LogP contribution in [0.15, 0.2) is 52.9 Å². The van der Waals surface area contributed by atoms with E-state index < -0.39 is 0 Å². The van der Waals surface area contributed by atoms with Gasteiger partial charge in [-0.05, 0) is 36.5 Å². The Bertz CT molecular complexity index is 947. The average Bonchev–Trinajstić information content (AvgIpc) is 3.04. The van der Waals surface area contributed by atoms with Crippen LogP contribution in [0.3, 0.4) is 0 Å². The van der Waals surface area contributed by atoms with Gasteiger partial charge in [-0.3, -0.25) is 0 Å². The minimum atomic E-state index is 0.808. The van der Waals surface area contributed by atoms with E-state index >= 15 is 0 Å². The summed E-state index contributed by atoms with van der Waals surface area (Å²) in [5.74, 6) is 0.808. The summed E-state index contributed by atoms with van der Waals surface area (Å²) < 4.78 is 6.68. The van der Waals surface area contributed by atoms with E-state index in [1.807, 2.05) is 6.07 Å². The molecule has 6 heteroatoms. The lowest BCUT2D eigenvalue weighted by atomic mass is 10.3. The van der Waals surface area contributed by atoms with Crippen molar-refractivity contribution in [2.24, 2.45) is 0 Å². The topological polar surface area (TPSA) is 17.8 Å². The molecule has 0 aliphatic heterocycles. The maximum Gasteiger partial charge on any atom is 0.162 e. The highest BCUT2D eigenvalue weighted by molar-refractivity contribution is 8.00. The summed E-state index contributed by atoms with van der Waals surface area (Å²) in [5, 5.41) is 0. The van der Waals surface area contributed by atoms with Crippen molar-refractivity contribution < 1.29 is 0 Å². The lowest BCUT2D eigenvalue weighted by Gasteiger charge is -2.02. The first kappa shape index (κ1) is 13.5. The first-order valence-corrected chi connectivity index (χ1v) is 9.41. The molecule has 2 aromatic carbocycles. The van der Waals surface area contributed by atoms with Gasteiger partial charge in [0.1, 0.15) is 0 Å². The molecule has 21 heavy (non-hydrogen) atoms. The molecule has 0 unspecified atom stereocenters. The Hall–Kier alpha value is -1.21. The zero-order valence-electron chi connectivity index (χ0n) is 10.9. The van der Waals surface area contributed by atoms with Gasteiger partial charge < -0.3 is 4.57 Å². The van der Waals surface area contributed by atoms with Crippen LogP contribution in [0.25, 0.3) is 20.4 Å². The predicted octanol–water partition coefficient (Wildman–Crippen LogP) is 5.79. The Balaban J connectivity index is 1.66. The fourth-order valence-electron chi connectivity index (χ4n) is 2.17. The number of fused-ring (bicyclic) bond motifs is 2. The van der Waals surface area contributed by atoms with Gasteiger partial charge in [-0.2, -0.15) is 0 Å². The quantitative estimate of drug-likeness (QED) is 0.345. The Morgan fingerprint density at radius 3 is 2.62 bits per heavy atom. The second kappa shape index (κ2) is 5.53. The normalized spacial score (nSPS) is 11.4. The zero-order valence-corrected chi connectivity index (χ0v) is 14.1. The summed E-state index contributed by atoms with van der Waals surface area (Å²) in [5.41, 5.74) is 2.28. The van der Waals surface area contributed by atoms with Crippen molar-refractivity contribution in [2.75, 3.05) is 0 Å². The molecular formula is C15H10N2S4. The molecule has 2 aromatic heterocycles. The van der Waals surface area contributed by atoms with Crippen LogP contribution in [0.4, 0.5) is 0 Å². The minimum Gasteiger partial charge on any atom is -0.313 e. The van der Waals surface area contributed by atoms with Crippen molar-refractivity contribution in [3.05, 3.63) is 52.5 Å². The van der Waals surface area contributed by atoms with E-state index in [-0.39, 0.29) is 0 Å². The molecule has 2 nitrogen and oxygen atoms in total. The van der Waals surface area contributed by atoms with Crippen molar-refractivity contribution in [3.8, 4) is 0 Å². The van der Waals surface area contributed by atoms with Gasteiger partial charge in [0.05, 0.1) is 26.3 Å². The van der Waals surface area contributed by atoms with Crippen LogP contribution >= 0.6 is 46.7 Å². The SMILES string of the molecule is S=c1sc2ccccc2n1CSc1nc2ccccc2s1. The van der Waals surface area contributed by atoms with Crippen LogP contribution in [0.2, 0.25) is 0 Å². The van der Waals surface area contributed by atoms with Gasteiger partial charge in [-0.1, -0.05) is 36.0 Å². The number of thiazole rings is 2. The first-order valence-electron chi connectivity index (χ1n) is 6.38. The third-order valence-corrected chi connectivity index (χ3v) is 6.76. The number of benzene rings is 2. The molecule has 0 N–H and O–H groups in total. The lowest BCUT2D eigenvalue weighted by Crippen LogP contribution is -1.92. The van der Waals surface area contributed by atoms with Crippen LogP contribution in [-0.2, 0) is 5.88 Å². The molecule has 0 aliphatic carbocycles. The molecule has 0 bridgehead atoms. The summed E-state index contributed by atoms with van der Waals surface area (Å²) in [7, 11) is 0. The van der Waals surface area contributed by atoms with Gasteiger partial charge in [-0.25, -0.2) is 4.98 Å². The van der Waals surface area contributed by atoms with E-state index in [1.165, 1.54) is 14.9 Å². The number of thioether (sulfide) groups is 1. The van der Waals surface area contributed by atoms with Gasteiger partial charge >= 0.3 is 0 Å². The van der Waals surface area contributed by atoms with Gasteiger partial charge in [0, 0.05) is 0 Å².